The lowest BCUT2D eigenvalue weighted by Crippen LogP contribution is -2.20. The Morgan fingerprint density at radius 2 is 1.42 bits per heavy atom. The smallest absolute Gasteiger partial charge is 0.172 e. The van der Waals surface area contributed by atoms with E-state index in [0.717, 1.165) is 46.1 Å². The third-order valence-electron chi connectivity index (χ3n) is 5.47. The molecule has 3 aromatic carbocycles. The van der Waals surface area contributed by atoms with E-state index in [1.807, 2.05) is 77.8 Å². The molecule has 0 spiro atoms. The highest BCUT2D eigenvalue weighted by Crippen LogP contribution is 2.36. The lowest BCUT2D eigenvalue weighted by Gasteiger charge is -2.22. The second-order valence-electron chi connectivity index (χ2n) is 7.39. The Kier molecular flexibility index (Phi) is 5.15. The first kappa shape index (κ1) is 19.0. The zero-order valence-electron chi connectivity index (χ0n) is 17.2. The van der Waals surface area contributed by atoms with E-state index >= 15 is 0 Å². The number of hydrogen-bond donors (Lipinski definition) is 0. The molecule has 5 nitrogen and oxygen atoms in total. The van der Waals surface area contributed by atoms with Crippen LogP contribution in [-0.2, 0) is 0 Å². The number of rotatable bonds is 5. The van der Waals surface area contributed by atoms with Crippen LogP contribution in [0.4, 0.5) is 5.82 Å². The van der Waals surface area contributed by atoms with Crippen LogP contribution in [0.3, 0.4) is 0 Å². The summed E-state index contributed by atoms with van der Waals surface area (Å²) in [6, 6.07) is 32.5. The number of ether oxygens (including phenoxy) is 1. The molecule has 0 bridgehead atoms. The van der Waals surface area contributed by atoms with Gasteiger partial charge < -0.3 is 4.74 Å². The maximum Gasteiger partial charge on any atom is 0.172 e. The molecule has 1 unspecified atom stereocenters. The van der Waals surface area contributed by atoms with E-state index in [-0.39, 0.29) is 6.04 Å². The number of hydrazone groups is 1. The second kappa shape index (κ2) is 8.40. The first-order chi connectivity index (χ1) is 15.3. The first-order valence-corrected chi connectivity index (χ1v) is 10.3. The van der Waals surface area contributed by atoms with E-state index in [1.54, 1.807) is 7.11 Å². The predicted molar refractivity (Wildman–Crippen MR) is 123 cm³/mol. The van der Waals surface area contributed by atoms with Crippen LogP contribution in [0.5, 0.6) is 5.75 Å². The van der Waals surface area contributed by atoms with Gasteiger partial charge in [0.2, 0.25) is 0 Å². The van der Waals surface area contributed by atoms with Gasteiger partial charge in [-0.2, -0.15) is 5.10 Å². The van der Waals surface area contributed by atoms with Gasteiger partial charge in [0.15, 0.2) is 5.82 Å². The standard InChI is InChI=1S/C26H22N4O/c1-31-22-14-12-21(13-15-22)25-18-24(20-10-6-3-7-11-20)29-30(25)26-17-16-23(27-28-26)19-8-4-2-5-9-19/h2-17,25H,18H2,1H3. The summed E-state index contributed by atoms with van der Waals surface area (Å²) < 4.78 is 5.32. The minimum atomic E-state index is 0.0398. The summed E-state index contributed by atoms with van der Waals surface area (Å²) in [5, 5.41) is 15.9. The third kappa shape index (κ3) is 3.90. The van der Waals surface area contributed by atoms with Crippen molar-refractivity contribution in [2.45, 2.75) is 12.5 Å². The Hall–Kier alpha value is -3.99. The van der Waals surface area contributed by atoms with Gasteiger partial charge in [-0.1, -0.05) is 72.8 Å². The number of aromatic nitrogens is 2. The number of nitrogens with zero attached hydrogens (tertiary/aromatic N) is 4. The SMILES string of the molecule is COc1ccc(C2CC(c3ccccc3)=NN2c2ccc(-c3ccccc3)nn2)cc1. The van der Waals surface area contributed by atoms with Gasteiger partial charge in [0.25, 0.3) is 0 Å². The molecular weight excluding hydrogens is 384 g/mol. The largest absolute Gasteiger partial charge is 0.497 e. The molecule has 1 atom stereocenters. The molecule has 152 valence electrons. The molecular formula is C26H22N4O. The molecule has 1 aliphatic heterocycles. The van der Waals surface area contributed by atoms with Gasteiger partial charge >= 0.3 is 0 Å². The maximum absolute atomic E-state index is 5.32. The minimum absolute atomic E-state index is 0.0398. The zero-order valence-corrected chi connectivity index (χ0v) is 17.2. The summed E-state index contributed by atoms with van der Waals surface area (Å²) in [7, 11) is 1.68. The summed E-state index contributed by atoms with van der Waals surface area (Å²) in [5.74, 6) is 1.57. The van der Waals surface area contributed by atoms with E-state index in [2.05, 4.69) is 34.5 Å². The van der Waals surface area contributed by atoms with E-state index in [0.29, 0.717) is 0 Å². The van der Waals surface area contributed by atoms with Gasteiger partial charge in [0, 0.05) is 12.0 Å². The monoisotopic (exact) mass is 406 g/mol. The van der Waals surface area contributed by atoms with Gasteiger partial charge in [-0.3, -0.25) is 0 Å². The molecule has 2 heterocycles. The minimum Gasteiger partial charge on any atom is -0.497 e. The van der Waals surface area contributed by atoms with Crippen LogP contribution in [0.15, 0.2) is 102 Å². The van der Waals surface area contributed by atoms with E-state index < -0.39 is 0 Å². The quantitative estimate of drug-likeness (QED) is 0.439. The summed E-state index contributed by atoms with van der Waals surface area (Å²) in [5.41, 5.74) is 5.21. The summed E-state index contributed by atoms with van der Waals surface area (Å²) >= 11 is 0. The van der Waals surface area contributed by atoms with Gasteiger partial charge in [-0.25, -0.2) is 5.01 Å². The van der Waals surface area contributed by atoms with Crippen LogP contribution < -0.4 is 9.75 Å². The van der Waals surface area contributed by atoms with Crippen molar-refractivity contribution in [1.29, 1.82) is 0 Å². The lowest BCUT2D eigenvalue weighted by molar-refractivity contribution is 0.414. The van der Waals surface area contributed by atoms with Crippen molar-refractivity contribution >= 4 is 11.5 Å². The molecule has 4 aromatic rings. The van der Waals surface area contributed by atoms with Crippen LogP contribution >= 0.6 is 0 Å². The Morgan fingerprint density at radius 3 is 2.03 bits per heavy atom. The van der Waals surface area contributed by atoms with Crippen LogP contribution in [0, 0.1) is 0 Å². The van der Waals surface area contributed by atoms with Crippen molar-refractivity contribution in [1.82, 2.24) is 10.2 Å². The van der Waals surface area contributed by atoms with Crippen molar-refractivity contribution in [2.24, 2.45) is 5.10 Å². The second-order valence-corrected chi connectivity index (χ2v) is 7.39. The molecule has 1 aliphatic rings. The van der Waals surface area contributed by atoms with Crippen LogP contribution in [-0.4, -0.2) is 23.0 Å². The Labute approximate surface area is 181 Å². The third-order valence-corrected chi connectivity index (χ3v) is 5.47. The van der Waals surface area contributed by atoms with E-state index in [9.17, 15) is 0 Å². The number of hydrogen-bond acceptors (Lipinski definition) is 5. The van der Waals surface area contributed by atoms with Crippen molar-refractivity contribution in [3.05, 3.63) is 108 Å². The average molecular weight is 406 g/mol. The highest BCUT2D eigenvalue weighted by molar-refractivity contribution is 6.03. The van der Waals surface area contributed by atoms with Crippen molar-refractivity contribution in [3.8, 4) is 17.0 Å². The Balaban J connectivity index is 1.50. The normalized spacial score (nSPS) is 15.6. The Morgan fingerprint density at radius 1 is 0.742 bits per heavy atom. The van der Waals surface area contributed by atoms with Gasteiger partial charge in [-0.15, -0.1) is 10.2 Å². The predicted octanol–water partition coefficient (Wildman–Crippen LogP) is 5.51. The van der Waals surface area contributed by atoms with E-state index in [4.69, 9.17) is 9.84 Å². The Bertz CT molecular complexity index is 1170. The van der Waals surface area contributed by atoms with Crippen LogP contribution in [0.1, 0.15) is 23.6 Å². The fourth-order valence-corrected chi connectivity index (χ4v) is 3.82. The van der Waals surface area contributed by atoms with Crippen LogP contribution in [0.25, 0.3) is 11.3 Å². The molecule has 5 heteroatoms. The zero-order chi connectivity index (χ0) is 21.0. The fourth-order valence-electron chi connectivity index (χ4n) is 3.82. The highest BCUT2D eigenvalue weighted by atomic mass is 16.5. The molecule has 0 amide bonds. The molecule has 0 saturated carbocycles. The van der Waals surface area contributed by atoms with E-state index in [1.165, 1.54) is 0 Å². The van der Waals surface area contributed by atoms with Gasteiger partial charge in [-0.05, 0) is 35.4 Å². The van der Waals surface area contributed by atoms with Gasteiger partial charge in [0.1, 0.15) is 5.75 Å². The molecule has 1 aromatic heterocycles. The molecule has 0 radical (unpaired) electrons. The molecule has 0 saturated heterocycles. The van der Waals surface area contributed by atoms with Crippen molar-refractivity contribution in [3.63, 3.8) is 0 Å². The number of benzene rings is 3. The topological polar surface area (TPSA) is 50.6 Å². The molecule has 5 rings (SSSR count). The first-order valence-electron chi connectivity index (χ1n) is 10.3. The van der Waals surface area contributed by atoms with Crippen LogP contribution in [0.2, 0.25) is 0 Å². The summed E-state index contributed by atoms with van der Waals surface area (Å²) in [4.78, 5) is 0. The summed E-state index contributed by atoms with van der Waals surface area (Å²) in [6.07, 6.45) is 0.790. The van der Waals surface area contributed by atoms with Crippen molar-refractivity contribution in [2.75, 3.05) is 12.1 Å². The molecule has 0 fully saturated rings. The molecule has 0 aliphatic carbocycles. The lowest BCUT2D eigenvalue weighted by atomic mass is 9.98. The number of methoxy groups -OCH3 is 1. The van der Waals surface area contributed by atoms with Gasteiger partial charge in [0.05, 0.1) is 24.6 Å². The summed E-state index contributed by atoms with van der Waals surface area (Å²) in [6.45, 7) is 0. The van der Waals surface area contributed by atoms with Crippen molar-refractivity contribution < 1.29 is 4.74 Å². The fraction of sp³-hybridized carbons (Fsp3) is 0.115. The number of anilines is 1. The maximum atomic E-state index is 5.32. The highest BCUT2D eigenvalue weighted by Gasteiger charge is 2.31. The average Bonchev–Trinajstić information content (AvgIpc) is 3.31. The molecule has 31 heavy (non-hydrogen) atoms. The molecule has 0 N–H and O–H groups in total.